The summed E-state index contributed by atoms with van der Waals surface area (Å²) in [4.78, 5) is 11.4. The summed E-state index contributed by atoms with van der Waals surface area (Å²) in [7, 11) is 0. The van der Waals surface area contributed by atoms with Crippen molar-refractivity contribution in [2.75, 3.05) is 6.54 Å². The number of likely N-dealkylation sites (N-methyl/N-ethyl adjacent to an activating group) is 1. The summed E-state index contributed by atoms with van der Waals surface area (Å²) < 4.78 is 0. The molecular weight excluding hydrogens is 226 g/mol. The summed E-state index contributed by atoms with van der Waals surface area (Å²) in [5.41, 5.74) is 3.42. The summed E-state index contributed by atoms with van der Waals surface area (Å²) in [6.45, 7) is 8.39. The van der Waals surface area contributed by atoms with Gasteiger partial charge >= 0.3 is 5.97 Å². The fraction of sp³-hybridized carbons (Fsp3) is 0.400. The van der Waals surface area contributed by atoms with Crippen molar-refractivity contribution in [1.82, 2.24) is 5.32 Å². The molecule has 1 aromatic rings. The molecule has 1 aromatic carbocycles. The van der Waals surface area contributed by atoms with E-state index in [0.29, 0.717) is 5.57 Å². The number of carboxylic acids is 1. The van der Waals surface area contributed by atoms with Crippen molar-refractivity contribution in [1.29, 1.82) is 0 Å². The van der Waals surface area contributed by atoms with E-state index in [0.717, 1.165) is 17.7 Å². The smallest absolute Gasteiger partial charge is 0.333 e. The van der Waals surface area contributed by atoms with Gasteiger partial charge in [0.1, 0.15) is 0 Å². The summed E-state index contributed by atoms with van der Waals surface area (Å²) in [6, 6.07) is 7.72. The fourth-order valence-electron chi connectivity index (χ4n) is 1.98. The van der Waals surface area contributed by atoms with E-state index in [1.165, 1.54) is 5.56 Å². The van der Waals surface area contributed by atoms with E-state index in [-0.39, 0.29) is 6.04 Å². The van der Waals surface area contributed by atoms with Crippen molar-refractivity contribution in [2.45, 2.75) is 33.7 Å². The second-order valence-corrected chi connectivity index (χ2v) is 4.62. The standard InChI is InChI=1S/C15H21NO2/c1-5-16-14(13(10(2)3)15(17)18)12-8-6-11(4)7-9-12/h6-9,14,16H,5H2,1-4H3,(H,17,18). The van der Waals surface area contributed by atoms with Crippen LogP contribution in [0.3, 0.4) is 0 Å². The molecule has 18 heavy (non-hydrogen) atoms. The number of allylic oxidation sites excluding steroid dienone is 1. The Morgan fingerprint density at radius 2 is 1.83 bits per heavy atom. The Hall–Kier alpha value is -1.61. The molecule has 0 spiro atoms. The zero-order valence-electron chi connectivity index (χ0n) is 11.4. The lowest BCUT2D eigenvalue weighted by atomic mass is 9.94. The Bertz CT molecular complexity index is 442. The number of benzene rings is 1. The highest BCUT2D eigenvalue weighted by Crippen LogP contribution is 2.25. The second kappa shape index (κ2) is 6.36. The molecule has 1 rings (SSSR count). The average molecular weight is 247 g/mol. The van der Waals surface area contributed by atoms with Gasteiger partial charge in [-0.05, 0) is 32.9 Å². The minimum Gasteiger partial charge on any atom is -0.478 e. The zero-order chi connectivity index (χ0) is 13.7. The first-order valence-corrected chi connectivity index (χ1v) is 6.18. The van der Waals surface area contributed by atoms with E-state index >= 15 is 0 Å². The van der Waals surface area contributed by atoms with Crippen LogP contribution >= 0.6 is 0 Å². The maximum absolute atomic E-state index is 11.4. The van der Waals surface area contributed by atoms with Crippen LogP contribution in [-0.4, -0.2) is 17.6 Å². The van der Waals surface area contributed by atoms with E-state index in [2.05, 4.69) is 5.32 Å². The van der Waals surface area contributed by atoms with Crippen LogP contribution in [0.5, 0.6) is 0 Å². The molecule has 0 fully saturated rings. The van der Waals surface area contributed by atoms with Crippen molar-refractivity contribution < 1.29 is 9.90 Å². The average Bonchev–Trinajstić information content (AvgIpc) is 2.28. The molecule has 1 atom stereocenters. The van der Waals surface area contributed by atoms with Gasteiger partial charge in [0.2, 0.25) is 0 Å². The number of nitrogens with one attached hydrogen (secondary N) is 1. The van der Waals surface area contributed by atoms with Gasteiger partial charge in [0, 0.05) is 0 Å². The zero-order valence-corrected chi connectivity index (χ0v) is 11.4. The number of aryl methyl sites for hydroxylation is 1. The van der Waals surface area contributed by atoms with Gasteiger partial charge in [-0.2, -0.15) is 0 Å². The molecule has 0 saturated carbocycles. The van der Waals surface area contributed by atoms with Gasteiger partial charge in [0.25, 0.3) is 0 Å². The Labute approximate surface area is 109 Å². The van der Waals surface area contributed by atoms with Crippen LogP contribution in [0.1, 0.15) is 37.9 Å². The van der Waals surface area contributed by atoms with Gasteiger partial charge in [0.15, 0.2) is 0 Å². The van der Waals surface area contributed by atoms with E-state index < -0.39 is 5.97 Å². The van der Waals surface area contributed by atoms with Crippen molar-refractivity contribution in [3.8, 4) is 0 Å². The molecule has 1 unspecified atom stereocenters. The first-order valence-electron chi connectivity index (χ1n) is 6.18. The number of rotatable bonds is 5. The third-order valence-corrected chi connectivity index (χ3v) is 2.88. The first kappa shape index (κ1) is 14.5. The van der Waals surface area contributed by atoms with Gasteiger partial charge in [-0.25, -0.2) is 4.79 Å². The largest absolute Gasteiger partial charge is 0.478 e. The van der Waals surface area contributed by atoms with Crippen molar-refractivity contribution in [3.05, 3.63) is 46.5 Å². The molecule has 0 heterocycles. The van der Waals surface area contributed by atoms with E-state index in [1.54, 1.807) is 0 Å². The Balaban J connectivity index is 3.20. The molecule has 0 radical (unpaired) electrons. The second-order valence-electron chi connectivity index (χ2n) is 4.62. The molecule has 0 bridgehead atoms. The normalized spacial score (nSPS) is 12.0. The molecule has 0 aliphatic carbocycles. The van der Waals surface area contributed by atoms with Gasteiger partial charge in [-0.1, -0.05) is 42.3 Å². The van der Waals surface area contributed by atoms with Gasteiger partial charge in [-0.3, -0.25) is 0 Å². The Kier molecular flexibility index (Phi) is 5.10. The first-order chi connectivity index (χ1) is 8.47. The quantitative estimate of drug-likeness (QED) is 0.786. The maximum atomic E-state index is 11.4. The Morgan fingerprint density at radius 1 is 1.28 bits per heavy atom. The molecule has 0 aromatic heterocycles. The summed E-state index contributed by atoms with van der Waals surface area (Å²) >= 11 is 0. The lowest BCUT2D eigenvalue weighted by Gasteiger charge is -2.21. The van der Waals surface area contributed by atoms with E-state index in [9.17, 15) is 9.90 Å². The molecule has 98 valence electrons. The minimum absolute atomic E-state index is 0.252. The lowest BCUT2D eigenvalue weighted by molar-refractivity contribution is -0.133. The number of carbonyl (C=O) groups is 1. The van der Waals surface area contributed by atoms with Crippen LogP contribution in [0.25, 0.3) is 0 Å². The van der Waals surface area contributed by atoms with Crippen molar-refractivity contribution in [2.24, 2.45) is 0 Å². The molecule has 0 saturated heterocycles. The van der Waals surface area contributed by atoms with Crippen molar-refractivity contribution in [3.63, 3.8) is 0 Å². The van der Waals surface area contributed by atoms with Gasteiger partial charge in [0.05, 0.1) is 11.6 Å². The van der Waals surface area contributed by atoms with Crippen LogP contribution in [0, 0.1) is 6.92 Å². The van der Waals surface area contributed by atoms with E-state index in [4.69, 9.17) is 0 Å². The predicted octanol–water partition coefficient (Wildman–Crippen LogP) is 3.07. The fourth-order valence-corrected chi connectivity index (χ4v) is 1.98. The third-order valence-electron chi connectivity index (χ3n) is 2.88. The molecule has 3 nitrogen and oxygen atoms in total. The lowest BCUT2D eigenvalue weighted by Crippen LogP contribution is -2.27. The van der Waals surface area contributed by atoms with Crippen LogP contribution in [0.15, 0.2) is 35.4 Å². The number of hydrogen-bond acceptors (Lipinski definition) is 2. The molecule has 0 aliphatic rings. The van der Waals surface area contributed by atoms with Crippen LogP contribution in [0.2, 0.25) is 0 Å². The summed E-state index contributed by atoms with van der Waals surface area (Å²) in [6.07, 6.45) is 0. The summed E-state index contributed by atoms with van der Waals surface area (Å²) in [5.74, 6) is -0.860. The molecule has 2 N–H and O–H groups in total. The molecule has 0 amide bonds. The van der Waals surface area contributed by atoms with Gasteiger partial charge in [-0.15, -0.1) is 0 Å². The maximum Gasteiger partial charge on any atom is 0.333 e. The number of aliphatic carboxylic acids is 1. The SMILES string of the molecule is CCNC(C(C(=O)O)=C(C)C)c1ccc(C)cc1. The topological polar surface area (TPSA) is 49.3 Å². The van der Waals surface area contributed by atoms with Crippen LogP contribution in [0.4, 0.5) is 0 Å². The van der Waals surface area contributed by atoms with Crippen LogP contribution < -0.4 is 5.32 Å². The van der Waals surface area contributed by atoms with Gasteiger partial charge < -0.3 is 10.4 Å². The highest BCUT2D eigenvalue weighted by Gasteiger charge is 2.22. The highest BCUT2D eigenvalue weighted by atomic mass is 16.4. The predicted molar refractivity (Wildman–Crippen MR) is 73.6 cm³/mol. The van der Waals surface area contributed by atoms with Crippen molar-refractivity contribution >= 4 is 5.97 Å². The minimum atomic E-state index is -0.860. The third kappa shape index (κ3) is 3.44. The summed E-state index contributed by atoms with van der Waals surface area (Å²) in [5, 5.41) is 12.6. The number of hydrogen-bond donors (Lipinski definition) is 2. The molecule has 3 heteroatoms. The van der Waals surface area contributed by atoms with E-state index in [1.807, 2.05) is 52.0 Å². The monoisotopic (exact) mass is 247 g/mol. The highest BCUT2D eigenvalue weighted by molar-refractivity contribution is 5.89. The Morgan fingerprint density at radius 3 is 2.22 bits per heavy atom. The molecular formula is C15H21NO2. The van der Waals surface area contributed by atoms with Crippen LogP contribution in [-0.2, 0) is 4.79 Å². The molecule has 0 aliphatic heterocycles. The number of carboxylic acid groups (broad SMARTS) is 1.